The standard InChI is InChI=1S/C31H36FNO5/c1-37-28-9-2-3-10-29(28)38-27-17-15-24(16-18-27)30(34)33(19-5-7-22-6-4-8-26(32)20-22)21-23-11-13-25(14-12-23)31(35)36/h2-3,8-14,20,24,27H,4-7,15-19,21H2,1H3,(H,35,36)/t24-,27-. The van der Waals surface area contributed by atoms with Crippen LogP contribution >= 0.6 is 0 Å². The average molecular weight is 522 g/mol. The summed E-state index contributed by atoms with van der Waals surface area (Å²) in [6.07, 6.45) is 9.40. The molecule has 0 unspecified atom stereocenters. The van der Waals surface area contributed by atoms with Gasteiger partial charge >= 0.3 is 5.97 Å². The molecule has 38 heavy (non-hydrogen) atoms. The highest BCUT2D eigenvalue weighted by atomic mass is 19.1. The summed E-state index contributed by atoms with van der Waals surface area (Å²) in [6.45, 7) is 0.990. The van der Waals surface area contributed by atoms with Gasteiger partial charge in [-0.05, 0) is 93.3 Å². The summed E-state index contributed by atoms with van der Waals surface area (Å²) in [6, 6.07) is 14.3. The van der Waals surface area contributed by atoms with Crippen molar-refractivity contribution in [3.05, 3.63) is 83.2 Å². The molecule has 1 amide bonds. The van der Waals surface area contributed by atoms with Crippen LogP contribution in [0, 0.1) is 5.92 Å². The molecule has 6 nitrogen and oxygen atoms in total. The molecule has 1 fully saturated rings. The van der Waals surface area contributed by atoms with Gasteiger partial charge in [-0.15, -0.1) is 0 Å². The van der Waals surface area contributed by atoms with E-state index in [1.807, 2.05) is 29.2 Å². The van der Waals surface area contributed by atoms with Gasteiger partial charge in [-0.3, -0.25) is 4.79 Å². The molecule has 2 aliphatic rings. The van der Waals surface area contributed by atoms with Gasteiger partial charge in [0.25, 0.3) is 0 Å². The van der Waals surface area contributed by atoms with Gasteiger partial charge in [-0.1, -0.05) is 29.8 Å². The van der Waals surface area contributed by atoms with Crippen LogP contribution in [-0.2, 0) is 11.3 Å². The molecule has 0 atom stereocenters. The topological polar surface area (TPSA) is 76.1 Å². The maximum Gasteiger partial charge on any atom is 0.335 e. The van der Waals surface area contributed by atoms with Gasteiger partial charge in [-0.25, -0.2) is 9.18 Å². The van der Waals surface area contributed by atoms with Gasteiger partial charge in [-0.2, -0.15) is 0 Å². The summed E-state index contributed by atoms with van der Waals surface area (Å²) in [5, 5.41) is 9.20. The summed E-state index contributed by atoms with van der Waals surface area (Å²) >= 11 is 0. The number of carboxylic acids is 1. The van der Waals surface area contributed by atoms with Crippen molar-refractivity contribution in [2.24, 2.45) is 5.92 Å². The second-order valence-corrected chi connectivity index (χ2v) is 10.0. The van der Waals surface area contributed by atoms with E-state index in [4.69, 9.17) is 9.47 Å². The lowest BCUT2D eigenvalue weighted by molar-refractivity contribution is -0.137. The number of allylic oxidation sites excluding steroid dienone is 4. The van der Waals surface area contributed by atoms with Crippen molar-refractivity contribution in [1.29, 1.82) is 0 Å². The first-order valence-electron chi connectivity index (χ1n) is 13.4. The van der Waals surface area contributed by atoms with Crippen LogP contribution in [0.4, 0.5) is 4.39 Å². The lowest BCUT2D eigenvalue weighted by Crippen LogP contribution is -2.39. The van der Waals surface area contributed by atoms with Gasteiger partial charge in [0, 0.05) is 19.0 Å². The summed E-state index contributed by atoms with van der Waals surface area (Å²) in [5.74, 6) is 0.309. The van der Waals surface area contributed by atoms with Gasteiger partial charge in [0.2, 0.25) is 5.91 Å². The van der Waals surface area contributed by atoms with Crippen molar-refractivity contribution >= 4 is 11.9 Å². The third-order valence-electron chi connectivity index (χ3n) is 7.34. The minimum absolute atomic E-state index is 0.0357. The highest BCUT2D eigenvalue weighted by Crippen LogP contribution is 2.33. The van der Waals surface area contributed by atoms with Crippen LogP contribution < -0.4 is 9.47 Å². The number of para-hydroxylation sites is 2. The van der Waals surface area contributed by atoms with E-state index in [0.717, 1.165) is 68.3 Å². The number of aromatic carboxylic acids is 1. The second-order valence-electron chi connectivity index (χ2n) is 10.0. The van der Waals surface area contributed by atoms with Crippen LogP contribution in [-0.4, -0.2) is 41.6 Å². The predicted octanol–water partition coefficient (Wildman–Crippen LogP) is 6.71. The van der Waals surface area contributed by atoms with E-state index in [-0.39, 0.29) is 29.3 Å². The van der Waals surface area contributed by atoms with E-state index in [9.17, 15) is 19.1 Å². The van der Waals surface area contributed by atoms with Crippen molar-refractivity contribution in [2.45, 2.75) is 64.0 Å². The van der Waals surface area contributed by atoms with Crippen molar-refractivity contribution in [3.8, 4) is 11.5 Å². The Balaban J connectivity index is 1.38. The molecule has 0 saturated heterocycles. The van der Waals surface area contributed by atoms with Crippen LogP contribution in [0.5, 0.6) is 11.5 Å². The first kappa shape index (κ1) is 27.4. The number of methoxy groups -OCH3 is 1. The van der Waals surface area contributed by atoms with Gasteiger partial charge in [0.15, 0.2) is 11.5 Å². The first-order chi connectivity index (χ1) is 18.4. The summed E-state index contributed by atoms with van der Waals surface area (Å²) in [7, 11) is 1.62. The Kier molecular flexibility index (Phi) is 9.57. The Morgan fingerprint density at radius 2 is 1.74 bits per heavy atom. The zero-order chi connectivity index (χ0) is 26.9. The molecule has 7 heteroatoms. The van der Waals surface area contributed by atoms with Crippen molar-refractivity contribution in [1.82, 2.24) is 4.90 Å². The Hall–Kier alpha value is -3.61. The van der Waals surface area contributed by atoms with E-state index in [1.165, 1.54) is 0 Å². The van der Waals surface area contributed by atoms with Gasteiger partial charge < -0.3 is 19.5 Å². The number of hydrogen-bond acceptors (Lipinski definition) is 4. The molecule has 0 aromatic heterocycles. The Labute approximate surface area is 223 Å². The predicted molar refractivity (Wildman–Crippen MR) is 144 cm³/mol. The quantitative estimate of drug-likeness (QED) is 0.356. The summed E-state index contributed by atoms with van der Waals surface area (Å²) in [4.78, 5) is 26.8. The van der Waals surface area contributed by atoms with E-state index in [0.29, 0.717) is 18.8 Å². The average Bonchev–Trinajstić information content (AvgIpc) is 2.93. The fourth-order valence-electron chi connectivity index (χ4n) is 5.24. The van der Waals surface area contributed by atoms with E-state index >= 15 is 0 Å². The van der Waals surface area contributed by atoms with E-state index in [1.54, 1.807) is 43.5 Å². The number of rotatable bonds is 11. The number of carbonyl (C=O) groups excluding carboxylic acids is 1. The third kappa shape index (κ3) is 7.46. The van der Waals surface area contributed by atoms with E-state index in [2.05, 4.69) is 0 Å². The summed E-state index contributed by atoms with van der Waals surface area (Å²) in [5.41, 5.74) is 2.19. The molecule has 0 heterocycles. The molecular weight excluding hydrogens is 485 g/mol. The molecule has 4 rings (SSSR count). The molecule has 202 valence electrons. The van der Waals surface area contributed by atoms with Crippen molar-refractivity contribution in [3.63, 3.8) is 0 Å². The summed E-state index contributed by atoms with van der Waals surface area (Å²) < 4.78 is 25.2. The fourth-order valence-corrected chi connectivity index (χ4v) is 5.24. The number of nitrogens with zero attached hydrogens (tertiary/aromatic N) is 1. The SMILES string of the molecule is COc1ccccc1O[C@H]1CC[C@H](C(=O)N(CCCC2=CC(F)=CCC2)Cc2ccc(C(=O)O)cc2)CC1. The van der Waals surface area contributed by atoms with Crippen LogP contribution in [0.15, 0.2) is 72.1 Å². The van der Waals surface area contributed by atoms with Gasteiger partial charge in [0.05, 0.1) is 18.8 Å². The first-order valence-corrected chi connectivity index (χ1v) is 13.4. The Morgan fingerprint density at radius 1 is 1.03 bits per heavy atom. The Morgan fingerprint density at radius 3 is 2.39 bits per heavy atom. The highest BCUT2D eigenvalue weighted by molar-refractivity contribution is 5.87. The van der Waals surface area contributed by atoms with Crippen molar-refractivity contribution in [2.75, 3.05) is 13.7 Å². The number of ether oxygens (including phenoxy) is 2. The molecule has 2 aromatic carbocycles. The minimum Gasteiger partial charge on any atom is -0.493 e. The number of carbonyl (C=O) groups is 2. The molecule has 1 N–H and O–H groups in total. The number of amides is 1. The zero-order valence-corrected chi connectivity index (χ0v) is 21.9. The number of hydrogen-bond donors (Lipinski definition) is 1. The molecule has 0 aliphatic heterocycles. The van der Waals surface area contributed by atoms with Crippen molar-refractivity contribution < 1.29 is 28.6 Å². The molecule has 2 aliphatic carbocycles. The number of halogens is 1. The van der Waals surface area contributed by atoms with Crippen LogP contribution in [0.1, 0.15) is 67.3 Å². The highest BCUT2D eigenvalue weighted by Gasteiger charge is 2.30. The maximum absolute atomic E-state index is 13.7. The van der Waals surface area contributed by atoms with E-state index < -0.39 is 5.97 Å². The normalized spacial score (nSPS) is 19.2. The zero-order valence-electron chi connectivity index (χ0n) is 21.9. The maximum atomic E-state index is 13.7. The third-order valence-corrected chi connectivity index (χ3v) is 7.34. The van der Waals surface area contributed by atoms with Crippen LogP contribution in [0.2, 0.25) is 0 Å². The van der Waals surface area contributed by atoms with Crippen LogP contribution in [0.25, 0.3) is 0 Å². The molecule has 0 radical (unpaired) electrons. The lowest BCUT2D eigenvalue weighted by atomic mass is 9.86. The molecular formula is C31H36FNO5. The van der Waals surface area contributed by atoms with Gasteiger partial charge in [0.1, 0.15) is 5.83 Å². The largest absolute Gasteiger partial charge is 0.493 e. The monoisotopic (exact) mass is 521 g/mol. The minimum atomic E-state index is -0.973. The fraction of sp³-hybridized carbons (Fsp3) is 0.419. The Bertz CT molecular complexity index is 1170. The smallest absolute Gasteiger partial charge is 0.335 e. The molecule has 1 saturated carbocycles. The molecule has 0 bridgehead atoms. The molecule has 0 spiro atoms. The number of carboxylic acid groups (broad SMARTS) is 1. The second kappa shape index (κ2) is 13.3. The molecule has 2 aromatic rings. The lowest BCUT2D eigenvalue weighted by Gasteiger charge is -2.33. The number of benzene rings is 2. The van der Waals surface area contributed by atoms with Crippen LogP contribution in [0.3, 0.4) is 0 Å².